The molecule has 0 aliphatic heterocycles. The Kier molecular flexibility index (Phi) is 15.4. The van der Waals surface area contributed by atoms with E-state index in [1.54, 1.807) is 38.9 Å². The standard InChI is InChI=1S/C28H43F3N8O2/c1-7-13-39(14-8-2)22(11-15-40)18-38(6)26(32)24(17-33-5)37-27(41)23(9-3)36-20(4)21-10-12-34-25(16-21)35-19-28(29,30)31/h9-10,12,15-17,22,32-33H,7-8,11,13-14,18-19H2,1-6H3,(H,34,35)(H,37,41)/b23-9-,24-17+,32-26?,36-20?/t22-/m0/s1. The van der Waals surface area contributed by atoms with Crippen LogP contribution in [0, 0.1) is 5.41 Å². The number of aldehydes is 1. The van der Waals surface area contributed by atoms with E-state index >= 15 is 0 Å². The highest BCUT2D eigenvalue weighted by molar-refractivity contribution is 6.06. The van der Waals surface area contributed by atoms with Crippen molar-refractivity contribution in [1.29, 1.82) is 5.41 Å². The number of nitrogens with zero attached hydrogens (tertiary/aromatic N) is 4. The molecule has 0 unspecified atom stereocenters. The van der Waals surface area contributed by atoms with Crippen LogP contribution in [0.1, 0.15) is 52.5 Å². The first-order valence-electron chi connectivity index (χ1n) is 13.6. The number of amidine groups is 1. The van der Waals surface area contributed by atoms with E-state index < -0.39 is 18.6 Å². The molecule has 10 nitrogen and oxygen atoms in total. The van der Waals surface area contributed by atoms with Crippen LogP contribution in [-0.2, 0) is 9.59 Å². The van der Waals surface area contributed by atoms with Gasteiger partial charge in [-0.2, -0.15) is 13.2 Å². The first-order chi connectivity index (χ1) is 19.4. The average Bonchev–Trinajstić information content (AvgIpc) is 2.93. The van der Waals surface area contributed by atoms with Gasteiger partial charge in [-0.25, -0.2) is 9.98 Å². The number of nitrogens with one attached hydrogen (secondary N) is 4. The summed E-state index contributed by atoms with van der Waals surface area (Å²) in [7, 11) is 3.38. The molecular weight excluding hydrogens is 537 g/mol. The number of likely N-dealkylation sites (N-methyl/N-ethyl adjacent to an activating group) is 1. The third-order valence-corrected chi connectivity index (χ3v) is 6.01. The van der Waals surface area contributed by atoms with Gasteiger partial charge >= 0.3 is 6.18 Å². The van der Waals surface area contributed by atoms with Gasteiger partial charge in [0.2, 0.25) is 0 Å². The van der Waals surface area contributed by atoms with Gasteiger partial charge in [0.15, 0.2) is 0 Å². The predicted octanol–water partition coefficient (Wildman–Crippen LogP) is 3.93. The number of hydrogen-bond acceptors (Lipinski definition) is 8. The minimum atomic E-state index is -4.39. The zero-order chi connectivity index (χ0) is 31.0. The van der Waals surface area contributed by atoms with Crippen molar-refractivity contribution >= 4 is 29.6 Å². The molecule has 1 rings (SSSR count). The molecule has 41 heavy (non-hydrogen) atoms. The normalized spacial score (nSPS) is 13.6. The number of hydrogen-bond donors (Lipinski definition) is 4. The number of carbonyl (C=O) groups excluding carboxylic acids is 2. The topological polar surface area (TPSA) is 126 Å². The van der Waals surface area contributed by atoms with Gasteiger partial charge in [-0.05, 0) is 51.9 Å². The van der Waals surface area contributed by atoms with Gasteiger partial charge in [-0.15, -0.1) is 0 Å². The Labute approximate surface area is 240 Å². The Morgan fingerprint density at radius 1 is 1.24 bits per heavy atom. The van der Waals surface area contributed by atoms with Crippen LogP contribution in [0.3, 0.4) is 0 Å². The Hall–Kier alpha value is -3.74. The van der Waals surface area contributed by atoms with E-state index in [9.17, 15) is 22.8 Å². The molecule has 0 spiro atoms. The quantitative estimate of drug-likeness (QED) is 0.0952. The third kappa shape index (κ3) is 12.5. The van der Waals surface area contributed by atoms with Gasteiger partial charge in [-0.1, -0.05) is 19.9 Å². The van der Waals surface area contributed by atoms with Gasteiger partial charge in [0.1, 0.15) is 30.2 Å². The van der Waals surface area contributed by atoms with Crippen molar-refractivity contribution in [2.45, 2.75) is 59.2 Å². The maximum atomic E-state index is 13.2. The van der Waals surface area contributed by atoms with E-state index in [-0.39, 0.29) is 29.1 Å². The SMILES string of the molecule is C/C=C(\N=C(C)c1ccnc(NCC(F)(F)F)c1)C(=O)N/C(=C/NC)C(=N)N(C)C[C@H](CC=O)N(CCC)CCC. The van der Waals surface area contributed by atoms with Gasteiger partial charge in [-0.3, -0.25) is 15.1 Å². The van der Waals surface area contributed by atoms with Crippen LogP contribution in [0.4, 0.5) is 19.0 Å². The summed E-state index contributed by atoms with van der Waals surface area (Å²) in [6.45, 7) is 8.28. The lowest BCUT2D eigenvalue weighted by atomic mass is 10.1. The number of alkyl halides is 3. The number of pyridine rings is 1. The van der Waals surface area contributed by atoms with Crippen molar-refractivity contribution in [3.8, 4) is 0 Å². The summed E-state index contributed by atoms with van der Waals surface area (Å²) in [6.07, 6.45) is 3.05. The molecule has 228 valence electrons. The molecule has 0 aromatic carbocycles. The van der Waals surface area contributed by atoms with Gasteiger partial charge in [0.25, 0.3) is 5.91 Å². The molecule has 0 aliphatic carbocycles. The molecule has 1 aromatic rings. The number of aliphatic imine (C=N–C) groups is 1. The third-order valence-electron chi connectivity index (χ3n) is 6.01. The Balaban J connectivity index is 3.07. The van der Waals surface area contributed by atoms with E-state index in [1.807, 2.05) is 0 Å². The Bertz CT molecular complexity index is 1100. The summed E-state index contributed by atoms with van der Waals surface area (Å²) in [6, 6.07) is 2.91. The van der Waals surface area contributed by atoms with Gasteiger partial charge in [0, 0.05) is 56.8 Å². The van der Waals surface area contributed by atoms with Crippen LogP contribution in [0.5, 0.6) is 0 Å². The van der Waals surface area contributed by atoms with E-state index in [0.717, 1.165) is 32.2 Å². The van der Waals surface area contributed by atoms with Crippen LogP contribution < -0.4 is 16.0 Å². The molecule has 1 atom stereocenters. The first-order valence-corrected chi connectivity index (χ1v) is 13.6. The second kappa shape index (κ2) is 17.8. The number of allylic oxidation sites excluding steroid dienone is 1. The minimum Gasteiger partial charge on any atom is -0.392 e. The largest absolute Gasteiger partial charge is 0.405 e. The number of rotatable bonds is 17. The van der Waals surface area contributed by atoms with Crippen LogP contribution in [0.2, 0.25) is 0 Å². The van der Waals surface area contributed by atoms with Crippen LogP contribution in [-0.4, -0.2) is 91.0 Å². The lowest BCUT2D eigenvalue weighted by molar-refractivity contribution is -0.117. The zero-order valence-corrected chi connectivity index (χ0v) is 24.7. The Morgan fingerprint density at radius 2 is 1.90 bits per heavy atom. The van der Waals surface area contributed by atoms with Crippen LogP contribution >= 0.6 is 0 Å². The fourth-order valence-electron chi connectivity index (χ4n) is 4.04. The maximum absolute atomic E-state index is 13.2. The first kappa shape index (κ1) is 35.3. The van der Waals surface area contributed by atoms with Gasteiger partial charge < -0.3 is 25.6 Å². The highest BCUT2D eigenvalue weighted by atomic mass is 19.4. The maximum Gasteiger partial charge on any atom is 0.405 e. The van der Waals surface area contributed by atoms with Crippen molar-refractivity contribution in [1.82, 2.24) is 25.4 Å². The average molecular weight is 581 g/mol. The minimum absolute atomic E-state index is 0.0286. The summed E-state index contributed by atoms with van der Waals surface area (Å²) in [5.74, 6) is -0.498. The summed E-state index contributed by atoms with van der Waals surface area (Å²) < 4.78 is 37.7. The van der Waals surface area contributed by atoms with Crippen molar-refractivity contribution in [3.05, 3.63) is 47.6 Å². The lowest BCUT2D eigenvalue weighted by Gasteiger charge is -2.34. The molecule has 13 heteroatoms. The zero-order valence-electron chi connectivity index (χ0n) is 24.7. The molecule has 4 N–H and O–H groups in total. The number of halogens is 3. The fraction of sp³-hybridized carbons (Fsp3) is 0.536. The second-order valence-corrected chi connectivity index (χ2v) is 9.39. The van der Waals surface area contributed by atoms with E-state index in [0.29, 0.717) is 24.2 Å². The number of anilines is 1. The molecule has 1 heterocycles. The van der Waals surface area contributed by atoms with E-state index in [4.69, 9.17) is 5.41 Å². The smallest absolute Gasteiger partial charge is 0.392 e. The summed E-state index contributed by atoms with van der Waals surface area (Å²) >= 11 is 0. The second-order valence-electron chi connectivity index (χ2n) is 9.39. The monoisotopic (exact) mass is 580 g/mol. The highest BCUT2D eigenvalue weighted by Gasteiger charge is 2.27. The van der Waals surface area contributed by atoms with Crippen LogP contribution in [0.15, 0.2) is 47.0 Å². The number of aromatic nitrogens is 1. The lowest BCUT2D eigenvalue weighted by Crippen LogP contribution is -2.47. The summed E-state index contributed by atoms with van der Waals surface area (Å²) in [4.78, 5) is 36.8. The van der Waals surface area contributed by atoms with Gasteiger partial charge in [0.05, 0.1) is 5.70 Å². The Morgan fingerprint density at radius 3 is 2.44 bits per heavy atom. The van der Waals surface area contributed by atoms with Crippen LogP contribution in [0.25, 0.3) is 0 Å². The molecule has 0 radical (unpaired) electrons. The molecule has 1 amide bonds. The summed E-state index contributed by atoms with van der Waals surface area (Å²) in [5.41, 5.74) is 1.13. The van der Waals surface area contributed by atoms with Crippen molar-refractivity contribution < 1.29 is 22.8 Å². The molecule has 0 bridgehead atoms. The predicted molar refractivity (Wildman–Crippen MR) is 157 cm³/mol. The van der Waals surface area contributed by atoms with E-state index in [1.165, 1.54) is 24.5 Å². The fourth-order valence-corrected chi connectivity index (χ4v) is 4.04. The molecule has 0 saturated heterocycles. The number of carbonyl (C=O) groups is 2. The molecular formula is C28H43F3N8O2. The molecule has 0 saturated carbocycles. The molecule has 0 fully saturated rings. The van der Waals surface area contributed by atoms with Crippen molar-refractivity contribution in [3.63, 3.8) is 0 Å². The molecule has 0 aliphatic rings. The highest BCUT2D eigenvalue weighted by Crippen LogP contribution is 2.17. The van der Waals surface area contributed by atoms with E-state index in [2.05, 4.69) is 44.7 Å². The van der Waals surface area contributed by atoms with Crippen molar-refractivity contribution in [2.24, 2.45) is 4.99 Å². The molecule has 1 aromatic heterocycles. The number of amides is 1. The summed E-state index contributed by atoms with van der Waals surface area (Å²) in [5, 5.41) is 16.5. The van der Waals surface area contributed by atoms with Crippen molar-refractivity contribution in [2.75, 3.05) is 45.6 Å².